The number of hydrogen-bond donors (Lipinski definition) is 0. The molecule has 0 amide bonds. The third-order valence-corrected chi connectivity index (χ3v) is 5.14. The quantitative estimate of drug-likeness (QED) is 0.380. The molecule has 2 heterocycles. The molecule has 6 nitrogen and oxygen atoms in total. The maximum Gasteiger partial charge on any atom is 0.252 e. The predicted octanol–water partition coefficient (Wildman–Crippen LogP) is 5.57. The average molecular weight is 408 g/mol. The van der Waals surface area contributed by atoms with Gasteiger partial charge < -0.3 is 9.15 Å². The van der Waals surface area contributed by atoms with Gasteiger partial charge in [0.15, 0.2) is 0 Å². The van der Waals surface area contributed by atoms with E-state index in [1.165, 1.54) is 0 Å². The molecule has 0 unspecified atom stereocenters. The molecule has 0 atom stereocenters. The van der Waals surface area contributed by atoms with Crippen LogP contribution in [0.2, 0.25) is 0 Å². The van der Waals surface area contributed by atoms with Gasteiger partial charge in [-0.15, -0.1) is 10.2 Å². The highest BCUT2D eigenvalue weighted by Crippen LogP contribution is 2.36. The van der Waals surface area contributed by atoms with Gasteiger partial charge in [-0.05, 0) is 55.5 Å². The first-order valence-electron chi connectivity index (χ1n) is 9.93. The van der Waals surface area contributed by atoms with Crippen LogP contribution in [0.5, 0.6) is 5.75 Å². The van der Waals surface area contributed by atoms with Crippen molar-refractivity contribution in [1.29, 1.82) is 0 Å². The summed E-state index contributed by atoms with van der Waals surface area (Å²) in [7, 11) is 1.65. The van der Waals surface area contributed by atoms with Gasteiger partial charge in [-0.25, -0.2) is 4.68 Å². The molecule has 0 N–H and O–H groups in total. The first kappa shape index (κ1) is 18.8. The minimum atomic E-state index is 0.435. The van der Waals surface area contributed by atoms with E-state index in [2.05, 4.69) is 10.2 Å². The molecule has 5 rings (SSSR count). The fraction of sp³-hybridized carbons (Fsp3) is 0.0800. The summed E-state index contributed by atoms with van der Waals surface area (Å²) in [4.78, 5) is 0. The number of methoxy groups -OCH3 is 1. The highest BCUT2D eigenvalue weighted by atomic mass is 16.5. The summed E-state index contributed by atoms with van der Waals surface area (Å²) in [5.74, 6) is 1.70. The Hall–Kier alpha value is -4.19. The lowest BCUT2D eigenvalue weighted by Crippen LogP contribution is -1.98. The van der Waals surface area contributed by atoms with Gasteiger partial charge in [-0.1, -0.05) is 36.4 Å². The Morgan fingerprint density at radius 2 is 1.39 bits per heavy atom. The van der Waals surface area contributed by atoms with Crippen LogP contribution in [0.1, 0.15) is 5.69 Å². The average Bonchev–Trinajstić information content (AvgIpc) is 3.45. The molecule has 0 bridgehead atoms. The highest BCUT2D eigenvalue weighted by molar-refractivity contribution is 5.80. The van der Waals surface area contributed by atoms with Crippen molar-refractivity contribution < 1.29 is 9.15 Å². The van der Waals surface area contributed by atoms with Crippen molar-refractivity contribution >= 4 is 0 Å². The Balaban J connectivity index is 1.68. The molecule has 6 heteroatoms. The molecule has 3 aromatic carbocycles. The minimum absolute atomic E-state index is 0.435. The zero-order chi connectivity index (χ0) is 21.2. The second-order valence-corrected chi connectivity index (χ2v) is 7.06. The Labute approximate surface area is 179 Å². The molecule has 0 radical (unpaired) electrons. The normalized spacial score (nSPS) is 10.9. The number of benzene rings is 3. The van der Waals surface area contributed by atoms with Gasteiger partial charge in [0.25, 0.3) is 5.89 Å². The Bertz CT molecular complexity index is 1310. The van der Waals surface area contributed by atoms with E-state index in [1.807, 2.05) is 96.5 Å². The standard InChI is InChI=1S/C25H20N4O2/c1-17-22(25-27-26-24(31-25)19-9-5-3-6-10-19)23(18-13-15-21(30-2)16-14-18)28-29(17)20-11-7-4-8-12-20/h3-16H,1-2H3. The Kier molecular flexibility index (Phi) is 4.80. The van der Waals surface area contributed by atoms with Gasteiger partial charge in [0.1, 0.15) is 11.4 Å². The monoisotopic (exact) mass is 408 g/mol. The molecule has 0 fully saturated rings. The second kappa shape index (κ2) is 7.91. The number of para-hydroxylation sites is 1. The number of ether oxygens (including phenoxy) is 1. The van der Waals surface area contributed by atoms with Gasteiger partial charge in [0.2, 0.25) is 5.89 Å². The van der Waals surface area contributed by atoms with Gasteiger partial charge >= 0.3 is 0 Å². The van der Waals surface area contributed by atoms with Crippen molar-refractivity contribution in [3.8, 4) is 45.6 Å². The van der Waals surface area contributed by atoms with Crippen LogP contribution in [0.15, 0.2) is 89.3 Å². The first-order valence-corrected chi connectivity index (χ1v) is 9.93. The van der Waals surface area contributed by atoms with E-state index in [-0.39, 0.29) is 0 Å². The maximum absolute atomic E-state index is 6.09. The second-order valence-electron chi connectivity index (χ2n) is 7.06. The van der Waals surface area contributed by atoms with Crippen molar-refractivity contribution in [1.82, 2.24) is 20.0 Å². The lowest BCUT2D eigenvalue weighted by molar-refractivity contribution is 0.415. The molecular formula is C25H20N4O2. The molecule has 0 saturated heterocycles. The third kappa shape index (κ3) is 3.48. The lowest BCUT2D eigenvalue weighted by Gasteiger charge is -2.03. The van der Waals surface area contributed by atoms with E-state index < -0.39 is 0 Å². The zero-order valence-electron chi connectivity index (χ0n) is 17.2. The summed E-state index contributed by atoms with van der Waals surface area (Å²) in [6, 6.07) is 27.5. The molecule has 0 saturated carbocycles. The Morgan fingerprint density at radius 3 is 2.06 bits per heavy atom. The van der Waals surface area contributed by atoms with E-state index in [9.17, 15) is 0 Å². The van der Waals surface area contributed by atoms with Crippen molar-refractivity contribution in [3.63, 3.8) is 0 Å². The SMILES string of the molecule is COc1ccc(-c2nn(-c3ccccc3)c(C)c2-c2nnc(-c3ccccc3)o2)cc1. The summed E-state index contributed by atoms with van der Waals surface area (Å²) in [5, 5.41) is 13.5. The smallest absolute Gasteiger partial charge is 0.252 e. The maximum atomic E-state index is 6.09. The summed E-state index contributed by atoms with van der Waals surface area (Å²) in [6.45, 7) is 2.01. The van der Waals surface area contributed by atoms with Crippen LogP contribution in [0, 0.1) is 6.92 Å². The predicted molar refractivity (Wildman–Crippen MR) is 119 cm³/mol. The van der Waals surface area contributed by atoms with Crippen LogP contribution >= 0.6 is 0 Å². The summed E-state index contributed by atoms with van der Waals surface area (Å²) in [6.07, 6.45) is 0. The third-order valence-electron chi connectivity index (χ3n) is 5.14. The van der Waals surface area contributed by atoms with Crippen molar-refractivity contribution in [3.05, 3.63) is 90.6 Å². The van der Waals surface area contributed by atoms with Crippen LogP contribution in [0.4, 0.5) is 0 Å². The topological polar surface area (TPSA) is 66.0 Å². The minimum Gasteiger partial charge on any atom is -0.497 e. The van der Waals surface area contributed by atoms with E-state index in [0.717, 1.165) is 39.5 Å². The van der Waals surface area contributed by atoms with Crippen LogP contribution in [-0.2, 0) is 0 Å². The summed E-state index contributed by atoms with van der Waals surface area (Å²) < 4.78 is 13.3. The van der Waals surface area contributed by atoms with Crippen LogP contribution < -0.4 is 4.74 Å². The zero-order valence-corrected chi connectivity index (χ0v) is 17.2. The van der Waals surface area contributed by atoms with Gasteiger partial charge in [0, 0.05) is 11.1 Å². The number of aromatic nitrogens is 4. The fourth-order valence-electron chi connectivity index (χ4n) is 3.55. The number of nitrogens with zero attached hydrogens (tertiary/aromatic N) is 4. The van der Waals surface area contributed by atoms with Crippen molar-refractivity contribution in [2.45, 2.75) is 6.92 Å². The lowest BCUT2D eigenvalue weighted by atomic mass is 10.1. The molecule has 31 heavy (non-hydrogen) atoms. The van der Waals surface area contributed by atoms with Crippen LogP contribution in [0.25, 0.3) is 39.9 Å². The molecule has 5 aromatic rings. The molecule has 152 valence electrons. The Morgan fingerprint density at radius 1 is 0.742 bits per heavy atom. The number of rotatable bonds is 5. The van der Waals surface area contributed by atoms with Gasteiger partial charge in [-0.2, -0.15) is 5.10 Å². The van der Waals surface area contributed by atoms with E-state index >= 15 is 0 Å². The molecular weight excluding hydrogens is 388 g/mol. The van der Waals surface area contributed by atoms with Crippen molar-refractivity contribution in [2.75, 3.05) is 7.11 Å². The molecule has 0 aliphatic carbocycles. The summed E-state index contributed by atoms with van der Waals surface area (Å²) >= 11 is 0. The molecule has 0 aliphatic rings. The van der Waals surface area contributed by atoms with Crippen LogP contribution in [-0.4, -0.2) is 27.1 Å². The molecule has 2 aromatic heterocycles. The highest BCUT2D eigenvalue weighted by Gasteiger charge is 2.23. The number of hydrogen-bond acceptors (Lipinski definition) is 5. The van der Waals surface area contributed by atoms with Gasteiger partial charge in [-0.3, -0.25) is 0 Å². The van der Waals surface area contributed by atoms with Crippen LogP contribution in [0.3, 0.4) is 0 Å². The van der Waals surface area contributed by atoms with E-state index in [0.29, 0.717) is 11.8 Å². The molecule has 0 spiro atoms. The van der Waals surface area contributed by atoms with E-state index in [4.69, 9.17) is 14.3 Å². The fourth-order valence-corrected chi connectivity index (χ4v) is 3.55. The van der Waals surface area contributed by atoms with Gasteiger partial charge in [0.05, 0.1) is 24.1 Å². The first-order chi connectivity index (χ1) is 15.2. The summed E-state index contributed by atoms with van der Waals surface area (Å²) in [5.41, 5.74) is 5.27. The largest absolute Gasteiger partial charge is 0.497 e. The molecule has 0 aliphatic heterocycles. The van der Waals surface area contributed by atoms with E-state index in [1.54, 1.807) is 7.11 Å². The van der Waals surface area contributed by atoms with Crippen molar-refractivity contribution in [2.24, 2.45) is 0 Å².